The molecule has 4 heteroatoms. The van der Waals surface area contributed by atoms with E-state index in [-0.39, 0.29) is 18.4 Å². The van der Waals surface area contributed by atoms with Crippen LogP contribution in [0.4, 0.5) is 0 Å². The van der Waals surface area contributed by atoms with Crippen molar-refractivity contribution >= 4 is 11.8 Å². The van der Waals surface area contributed by atoms with Crippen LogP contribution in [-0.4, -0.2) is 34.0 Å². The predicted octanol–water partition coefficient (Wildman–Crippen LogP) is 1.71. The Hall–Kier alpha value is -0.900. The van der Waals surface area contributed by atoms with Gasteiger partial charge in [-0.05, 0) is 33.1 Å². The molecule has 17 heavy (non-hydrogen) atoms. The zero-order valence-electron chi connectivity index (χ0n) is 11.2. The number of amides is 2. The van der Waals surface area contributed by atoms with Crippen molar-refractivity contribution in [3.05, 3.63) is 0 Å². The molecule has 1 N–H and O–H groups in total. The Morgan fingerprint density at radius 2 is 1.82 bits per heavy atom. The molecular weight excluding hydrogens is 218 g/mol. The fourth-order valence-electron chi connectivity index (χ4n) is 2.59. The molecule has 4 nitrogen and oxygen atoms in total. The molecule has 0 atom stereocenters. The van der Waals surface area contributed by atoms with Gasteiger partial charge in [-0.15, -0.1) is 0 Å². The number of nitrogens with zero attached hydrogens (tertiary/aromatic N) is 1. The van der Waals surface area contributed by atoms with Crippen LogP contribution >= 0.6 is 0 Å². The van der Waals surface area contributed by atoms with Crippen LogP contribution in [0.1, 0.15) is 53.4 Å². The Bertz CT molecular complexity index is 319. The van der Waals surface area contributed by atoms with Gasteiger partial charge < -0.3 is 5.11 Å². The summed E-state index contributed by atoms with van der Waals surface area (Å²) in [7, 11) is 0. The number of aliphatic hydroxyl groups excluding tert-OH is 1. The number of carbonyl (C=O) groups excluding carboxylic acids is 2. The first-order chi connectivity index (χ1) is 7.84. The molecule has 0 aromatic rings. The van der Waals surface area contributed by atoms with E-state index in [2.05, 4.69) is 0 Å². The number of hydrogen-bond acceptors (Lipinski definition) is 3. The third-order valence-electron chi connectivity index (χ3n) is 4.08. The van der Waals surface area contributed by atoms with Gasteiger partial charge in [0.05, 0.1) is 5.41 Å². The van der Waals surface area contributed by atoms with E-state index in [0.717, 1.165) is 0 Å². The molecule has 0 saturated carbocycles. The first-order valence-corrected chi connectivity index (χ1v) is 6.33. The van der Waals surface area contributed by atoms with Crippen LogP contribution in [0.15, 0.2) is 0 Å². The van der Waals surface area contributed by atoms with E-state index in [1.54, 1.807) is 0 Å². The number of carbonyl (C=O) groups is 2. The minimum atomic E-state index is -0.588. The van der Waals surface area contributed by atoms with Gasteiger partial charge in [0.2, 0.25) is 11.8 Å². The second-order valence-electron chi connectivity index (χ2n) is 5.48. The van der Waals surface area contributed by atoms with Gasteiger partial charge in [0.1, 0.15) is 0 Å². The third-order valence-corrected chi connectivity index (χ3v) is 4.08. The largest absolute Gasteiger partial charge is 0.396 e. The Labute approximate surface area is 103 Å². The summed E-state index contributed by atoms with van der Waals surface area (Å²) in [5, 5.41) is 9.03. The monoisotopic (exact) mass is 241 g/mol. The second kappa shape index (κ2) is 4.77. The molecule has 1 rings (SSSR count). The highest BCUT2D eigenvalue weighted by Crippen LogP contribution is 2.42. The molecule has 1 heterocycles. The molecule has 0 aliphatic carbocycles. The summed E-state index contributed by atoms with van der Waals surface area (Å²) in [6, 6.07) is 0. The van der Waals surface area contributed by atoms with Crippen molar-refractivity contribution in [3.63, 3.8) is 0 Å². The van der Waals surface area contributed by atoms with E-state index in [4.69, 9.17) is 5.11 Å². The lowest BCUT2D eigenvalue weighted by molar-refractivity contribution is -0.148. The molecule has 0 aromatic carbocycles. The van der Waals surface area contributed by atoms with E-state index >= 15 is 0 Å². The van der Waals surface area contributed by atoms with Crippen LogP contribution in [0.5, 0.6) is 0 Å². The van der Waals surface area contributed by atoms with Crippen molar-refractivity contribution in [2.75, 3.05) is 6.61 Å². The van der Waals surface area contributed by atoms with Crippen molar-refractivity contribution in [3.8, 4) is 0 Å². The predicted molar refractivity (Wildman–Crippen MR) is 65.3 cm³/mol. The van der Waals surface area contributed by atoms with Gasteiger partial charge in [-0.2, -0.15) is 0 Å². The molecule has 2 amide bonds. The van der Waals surface area contributed by atoms with Gasteiger partial charge in [0.25, 0.3) is 0 Å². The number of likely N-dealkylation sites (tertiary alicyclic amines) is 1. The van der Waals surface area contributed by atoms with Gasteiger partial charge in [-0.1, -0.05) is 13.8 Å². The molecule has 1 saturated heterocycles. The first kappa shape index (κ1) is 14.2. The minimum absolute atomic E-state index is 0.0185. The second-order valence-corrected chi connectivity index (χ2v) is 5.48. The zero-order valence-corrected chi connectivity index (χ0v) is 11.2. The van der Waals surface area contributed by atoms with Crippen molar-refractivity contribution < 1.29 is 14.7 Å². The Morgan fingerprint density at radius 3 is 2.18 bits per heavy atom. The molecule has 0 unspecified atom stereocenters. The summed E-state index contributed by atoms with van der Waals surface area (Å²) >= 11 is 0. The number of rotatable bonds is 5. The quantitative estimate of drug-likeness (QED) is 0.745. The summed E-state index contributed by atoms with van der Waals surface area (Å²) in [5.41, 5.74) is -1.10. The standard InChI is InChI=1S/C13H23NO3/c1-5-13(6-2)9-10(16)14(11(13)17)12(3,4)7-8-15/h15H,5-9H2,1-4H3. The van der Waals surface area contributed by atoms with Crippen LogP contribution in [0.2, 0.25) is 0 Å². The molecule has 98 valence electrons. The summed E-state index contributed by atoms with van der Waals surface area (Å²) in [6.07, 6.45) is 2.13. The lowest BCUT2D eigenvalue weighted by Crippen LogP contribution is -2.49. The van der Waals surface area contributed by atoms with Gasteiger partial charge >= 0.3 is 0 Å². The van der Waals surface area contributed by atoms with Gasteiger partial charge in [0, 0.05) is 18.6 Å². The van der Waals surface area contributed by atoms with E-state index in [0.29, 0.717) is 25.7 Å². The number of imide groups is 1. The maximum atomic E-state index is 12.4. The topological polar surface area (TPSA) is 57.6 Å². The maximum Gasteiger partial charge on any atom is 0.236 e. The van der Waals surface area contributed by atoms with Crippen LogP contribution < -0.4 is 0 Å². The smallest absolute Gasteiger partial charge is 0.236 e. The Balaban J connectivity index is 3.04. The average Bonchev–Trinajstić information content (AvgIpc) is 2.51. The van der Waals surface area contributed by atoms with Crippen molar-refractivity contribution in [1.82, 2.24) is 4.90 Å². The fourth-order valence-corrected chi connectivity index (χ4v) is 2.59. The van der Waals surface area contributed by atoms with E-state index in [1.807, 2.05) is 27.7 Å². The van der Waals surface area contributed by atoms with Crippen molar-refractivity contribution in [1.29, 1.82) is 0 Å². The molecule has 0 spiro atoms. The molecule has 1 fully saturated rings. The summed E-state index contributed by atoms with van der Waals surface area (Å²) in [6.45, 7) is 7.56. The number of hydrogen-bond donors (Lipinski definition) is 1. The van der Waals surface area contributed by atoms with Crippen molar-refractivity contribution in [2.24, 2.45) is 5.41 Å². The lowest BCUT2D eigenvalue weighted by Gasteiger charge is -2.35. The van der Waals surface area contributed by atoms with Crippen LogP contribution in [0.3, 0.4) is 0 Å². The van der Waals surface area contributed by atoms with Crippen LogP contribution in [-0.2, 0) is 9.59 Å². The third kappa shape index (κ3) is 2.23. The van der Waals surface area contributed by atoms with Crippen LogP contribution in [0.25, 0.3) is 0 Å². The summed E-state index contributed by atoms with van der Waals surface area (Å²) in [4.78, 5) is 25.9. The fraction of sp³-hybridized carbons (Fsp3) is 0.846. The number of aliphatic hydroxyl groups is 1. The van der Waals surface area contributed by atoms with Gasteiger partial charge in [0.15, 0.2) is 0 Å². The Kier molecular flexibility index (Phi) is 3.97. The zero-order chi connectivity index (χ0) is 13.3. The summed E-state index contributed by atoms with van der Waals surface area (Å²) < 4.78 is 0. The maximum absolute atomic E-state index is 12.4. The van der Waals surface area contributed by atoms with E-state index < -0.39 is 11.0 Å². The first-order valence-electron chi connectivity index (χ1n) is 6.33. The Morgan fingerprint density at radius 1 is 1.29 bits per heavy atom. The van der Waals surface area contributed by atoms with Gasteiger partial charge in [-0.25, -0.2) is 0 Å². The normalized spacial score (nSPS) is 20.2. The lowest BCUT2D eigenvalue weighted by atomic mass is 9.80. The van der Waals surface area contributed by atoms with Crippen molar-refractivity contribution in [2.45, 2.75) is 58.9 Å². The van der Waals surface area contributed by atoms with Crippen LogP contribution in [0, 0.1) is 5.41 Å². The minimum Gasteiger partial charge on any atom is -0.396 e. The highest BCUT2D eigenvalue weighted by Gasteiger charge is 2.53. The van der Waals surface area contributed by atoms with E-state index in [1.165, 1.54) is 4.90 Å². The molecular formula is C13H23NO3. The highest BCUT2D eigenvalue weighted by molar-refractivity contribution is 6.06. The summed E-state index contributed by atoms with van der Waals surface area (Å²) in [5.74, 6) is -0.164. The molecule has 0 bridgehead atoms. The molecule has 1 aliphatic heterocycles. The molecule has 0 aromatic heterocycles. The van der Waals surface area contributed by atoms with E-state index in [9.17, 15) is 9.59 Å². The van der Waals surface area contributed by atoms with Gasteiger partial charge in [-0.3, -0.25) is 14.5 Å². The highest BCUT2D eigenvalue weighted by atomic mass is 16.3. The SMILES string of the molecule is CCC1(CC)CC(=O)N(C(C)(C)CCO)C1=O. The molecule has 1 aliphatic rings. The molecule has 0 radical (unpaired) electrons. The average molecular weight is 241 g/mol.